The standard InChI is InChI=1S/C10H20O2/c11-9-7-5-3-1-2-4-6-8-10-12/h7,9,11-12H,1-6,8,10H2/b9-7+. The molecule has 0 aliphatic heterocycles. The van der Waals surface area contributed by atoms with Crippen LogP contribution in [-0.2, 0) is 0 Å². The number of unbranched alkanes of at least 4 members (excludes halogenated alkanes) is 6. The topological polar surface area (TPSA) is 40.5 Å². The van der Waals surface area contributed by atoms with Gasteiger partial charge in [0.2, 0.25) is 0 Å². The number of aliphatic hydroxyl groups is 2. The highest BCUT2D eigenvalue weighted by atomic mass is 16.3. The third kappa shape index (κ3) is 9.50. The molecule has 0 fully saturated rings. The fourth-order valence-corrected chi connectivity index (χ4v) is 1.16. The molecule has 2 N–H and O–H groups in total. The molecule has 0 aliphatic rings. The van der Waals surface area contributed by atoms with Gasteiger partial charge in [0.1, 0.15) is 0 Å². The van der Waals surface area contributed by atoms with E-state index < -0.39 is 0 Å². The molecule has 0 aromatic carbocycles. The highest BCUT2D eigenvalue weighted by molar-refractivity contribution is 4.70. The summed E-state index contributed by atoms with van der Waals surface area (Å²) in [6.45, 7) is 0.327. The van der Waals surface area contributed by atoms with Crippen LogP contribution in [0.15, 0.2) is 12.3 Å². The van der Waals surface area contributed by atoms with E-state index in [2.05, 4.69) is 0 Å². The van der Waals surface area contributed by atoms with Gasteiger partial charge in [0.25, 0.3) is 0 Å². The Morgan fingerprint density at radius 1 is 0.833 bits per heavy atom. The summed E-state index contributed by atoms with van der Waals surface area (Å²) >= 11 is 0. The fourth-order valence-electron chi connectivity index (χ4n) is 1.16. The van der Waals surface area contributed by atoms with Crippen LogP contribution in [0.1, 0.15) is 44.9 Å². The third-order valence-corrected chi connectivity index (χ3v) is 1.88. The van der Waals surface area contributed by atoms with Crippen molar-refractivity contribution in [3.05, 3.63) is 12.3 Å². The van der Waals surface area contributed by atoms with E-state index in [9.17, 15) is 0 Å². The van der Waals surface area contributed by atoms with Gasteiger partial charge >= 0.3 is 0 Å². The van der Waals surface area contributed by atoms with E-state index in [1.165, 1.54) is 19.3 Å². The first-order chi connectivity index (χ1) is 5.91. The maximum absolute atomic E-state index is 8.50. The molecule has 0 heterocycles. The molecule has 0 bridgehead atoms. The minimum absolute atomic E-state index is 0.327. The second kappa shape index (κ2) is 10.5. The predicted octanol–water partition coefficient (Wildman–Crippen LogP) is 2.78. The van der Waals surface area contributed by atoms with E-state index in [0.29, 0.717) is 6.61 Å². The van der Waals surface area contributed by atoms with E-state index in [1.807, 2.05) is 0 Å². The van der Waals surface area contributed by atoms with Crippen molar-refractivity contribution in [3.63, 3.8) is 0 Å². The molecule has 0 saturated carbocycles. The van der Waals surface area contributed by atoms with Crippen LogP contribution in [0.4, 0.5) is 0 Å². The molecule has 0 rings (SSSR count). The molecule has 0 radical (unpaired) electrons. The molecule has 0 amide bonds. The van der Waals surface area contributed by atoms with Crippen LogP contribution in [0.5, 0.6) is 0 Å². The first kappa shape index (κ1) is 11.5. The molecule has 0 unspecified atom stereocenters. The van der Waals surface area contributed by atoms with E-state index in [1.54, 1.807) is 6.08 Å². The number of hydrogen-bond donors (Lipinski definition) is 2. The van der Waals surface area contributed by atoms with Gasteiger partial charge in [0, 0.05) is 6.61 Å². The molecule has 0 aliphatic carbocycles. The monoisotopic (exact) mass is 172 g/mol. The smallest absolute Gasteiger partial charge is 0.0751 e. The maximum Gasteiger partial charge on any atom is 0.0751 e. The van der Waals surface area contributed by atoms with Crippen molar-refractivity contribution in [2.45, 2.75) is 44.9 Å². The van der Waals surface area contributed by atoms with Crippen LogP contribution in [0, 0.1) is 0 Å². The molecule has 12 heavy (non-hydrogen) atoms. The lowest BCUT2D eigenvalue weighted by atomic mass is 10.1. The summed E-state index contributed by atoms with van der Waals surface area (Å²) in [5.41, 5.74) is 0. The Morgan fingerprint density at radius 2 is 1.42 bits per heavy atom. The van der Waals surface area contributed by atoms with Crippen LogP contribution in [0.25, 0.3) is 0 Å². The van der Waals surface area contributed by atoms with Crippen molar-refractivity contribution in [2.75, 3.05) is 6.61 Å². The average molecular weight is 172 g/mol. The zero-order chi connectivity index (χ0) is 9.07. The summed E-state index contributed by atoms with van der Waals surface area (Å²) < 4.78 is 0. The lowest BCUT2D eigenvalue weighted by Crippen LogP contribution is -1.83. The van der Waals surface area contributed by atoms with E-state index in [-0.39, 0.29) is 0 Å². The minimum Gasteiger partial charge on any atom is -0.516 e. The van der Waals surface area contributed by atoms with Gasteiger partial charge in [-0.05, 0) is 19.3 Å². The lowest BCUT2D eigenvalue weighted by Gasteiger charge is -1.98. The van der Waals surface area contributed by atoms with Gasteiger partial charge in [-0.2, -0.15) is 0 Å². The quantitative estimate of drug-likeness (QED) is 0.436. The van der Waals surface area contributed by atoms with Gasteiger partial charge in [0.15, 0.2) is 0 Å². The van der Waals surface area contributed by atoms with Gasteiger partial charge < -0.3 is 10.2 Å². The van der Waals surface area contributed by atoms with Crippen molar-refractivity contribution < 1.29 is 10.2 Å². The number of aliphatic hydroxyl groups excluding tert-OH is 2. The van der Waals surface area contributed by atoms with Crippen molar-refractivity contribution >= 4 is 0 Å². The first-order valence-corrected chi connectivity index (χ1v) is 4.82. The Kier molecular flexibility index (Phi) is 10.1. The Hall–Kier alpha value is -0.500. The molecule has 2 heteroatoms. The largest absolute Gasteiger partial charge is 0.516 e. The molecule has 72 valence electrons. The van der Waals surface area contributed by atoms with Crippen molar-refractivity contribution in [3.8, 4) is 0 Å². The molecule has 0 atom stereocenters. The van der Waals surface area contributed by atoms with Crippen LogP contribution in [0.3, 0.4) is 0 Å². The summed E-state index contributed by atoms with van der Waals surface area (Å²) in [5, 5.41) is 16.8. The summed E-state index contributed by atoms with van der Waals surface area (Å²) in [6, 6.07) is 0. The van der Waals surface area contributed by atoms with Gasteiger partial charge in [0.05, 0.1) is 6.26 Å². The molecular formula is C10H20O2. The Bertz CT molecular complexity index is 100. The second-order valence-corrected chi connectivity index (χ2v) is 3.02. The van der Waals surface area contributed by atoms with Crippen LogP contribution < -0.4 is 0 Å². The highest BCUT2D eigenvalue weighted by Gasteiger charge is 1.89. The van der Waals surface area contributed by atoms with Crippen LogP contribution in [-0.4, -0.2) is 16.8 Å². The number of hydrogen-bond acceptors (Lipinski definition) is 2. The van der Waals surface area contributed by atoms with E-state index in [0.717, 1.165) is 31.9 Å². The number of allylic oxidation sites excluding steroid dienone is 1. The Morgan fingerprint density at radius 3 is 2.00 bits per heavy atom. The SMILES string of the molecule is O/C=C/CCCCCCCCO. The zero-order valence-electron chi connectivity index (χ0n) is 7.71. The van der Waals surface area contributed by atoms with Crippen molar-refractivity contribution in [1.82, 2.24) is 0 Å². The fraction of sp³-hybridized carbons (Fsp3) is 0.800. The highest BCUT2D eigenvalue weighted by Crippen LogP contribution is 2.06. The summed E-state index contributed by atoms with van der Waals surface area (Å²) in [4.78, 5) is 0. The molecule has 0 aromatic rings. The average Bonchev–Trinajstić information content (AvgIpc) is 2.10. The van der Waals surface area contributed by atoms with Gasteiger partial charge in [-0.1, -0.05) is 31.8 Å². The van der Waals surface area contributed by atoms with E-state index in [4.69, 9.17) is 10.2 Å². The summed E-state index contributed by atoms with van der Waals surface area (Å²) in [5.74, 6) is 0. The maximum atomic E-state index is 8.50. The normalized spacial score (nSPS) is 11.1. The van der Waals surface area contributed by atoms with Gasteiger partial charge in [-0.25, -0.2) is 0 Å². The Labute approximate surface area is 74.9 Å². The van der Waals surface area contributed by atoms with Crippen LogP contribution >= 0.6 is 0 Å². The van der Waals surface area contributed by atoms with Crippen LogP contribution in [0.2, 0.25) is 0 Å². The summed E-state index contributed by atoms with van der Waals surface area (Å²) in [6.07, 6.45) is 10.8. The predicted molar refractivity (Wildman–Crippen MR) is 51.2 cm³/mol. The van der Waals surface area contributed by atoms with Crippen molar-refractivity contribution in [2.24, 2.45) is 0 Å². The molecule has 2 nitrogen and oxygen atoms in total. The first-order valence-electron chi connectivity index (χ1n) is 4.82. The zero-order valence-corrected chi connectivity index (χ0v) is 7.71. The third-order valence-electron chi connectivity index (χ3n) is 1.88. The van der Waals surface area contributed by atoms with Gasteiger partial charge in [-0.15, -0.1) is 0 Å². The molecule has 0 spiro atoms. The number of rotatable bonds is 8. The van der Waals surface area contributed by atoms with Crippen molar-refractivity contribution in [1.29, 1.82) is 0 Å². The van der Waals surface area contributed by atoms with Gasteiger partial charge in [-0.3, -0.25) is 0 Å². The lowest BCUT2D eigenvalue weighted by molar-refractivity contribution is 0.282. The Balaban J connectivity index is 2.81. The minimum atomic E-state index is 0.327. The second-order valence-electron chi connectivity index (χ2n) is 3.02. The molecule has 0 aromatic heterocycles. The molecular weight excluding hydrogens is 152 g/mol. The molecule has 0 saturated heterocycles. The van der Waals surface area contributed by atoms with E-state index >= 15 is 0 Å². The summed E-state index contributed by atoms with van der Waals surface area (Å²) in [7, 11) is 0.